The van der Waals surface area contributed by atoms with Crippen LogP contribution < -0.4 is 4.74 Å². The quantitative estimate of drug-likeness (QED) is 0.337. The van der Waals surface area contributed by atoms with Crippen molar-refractivity contribution in [3.8, 4) is 17.3 Å². The Morgan fingerprint density at radius 3 is 2.31 bits per heavy atom. The molecule has 3 rings (SSSR count). The number of aliphatic hydroxyl groups is 1. The first-order valence-corrected chi connectivity index (χ1v) is 12.6. The third-order valence-corrected chi connectivity index (χ3v) is 5.58. The van der Waals surface area contributed by atoms with Crippen LogP contribution >= 0.6 is 0 Å². The van der Waals surface area contributed by atoms with Crippen molar-refractivity contribution in [1.82, 2.24) is 14.7 Å². The predicted octanol–water partition coefficient (Wildman–Crippen LogP) is 5.77. The van der Waals surface area contributed by atoms with Gasteiger partial charge in [-0.3, -0.25) is 4.90 Å². The van der Waals surface area contributed by atoms with Gasteiger partial charge in [0.25, 0.3) is 0 Å². The Morgan fingerprint density at radius 2 is 1.66 bits per heavy atom. The average molecular weight is 480 g/mol. The Hall–Kier alpha value is -2.67. The molecule has 1 heterocycles. The minimum Gasteiger partial charge on any atom is -0.439 e. The van der Waals surface area contributed by atoms with Gasteiger partial charge in [-0.2, -0.15) is 5.10 Å². The summed E-state index contributed by atoms with van der Waals surface area (Å²) in [6.45, 7) is 15.7. The van der Waals surface area contributed by atoms with E-state index in [1.165, 1.54) is 0 Å². The summed E-state index contributed by atoms with van der Waals surface area (Å²) in [7, 11) is 0. The number of aliphatic hydroxyl groups excluding tert-OH is 1. The smallest absolute Gasteiger partial charge is 0.227 e. The van der Waals surface area contributed by atoms with Gasteiger partial charge in [0, 0.05) is 26.2 Å². The van der Waals surface area contributed by atoms with Crippen molar-refractivity contribution in [3.05, 3.63) is 71.4 Å². The van der Waals surface area contributed by atoms with Crippen LogP contribution in [0.1, 0.15) is 44.5 Å². The second-order valence-corrected chi connectivity index (χ2v) is 10.2. The van der Waals surface area contributed by atoms with Crippen molar-refractivity contribution >= 4 is 0 Å². The van der Waals surface area contributed by atoms with Crippen LogP contribution in [0.3, 0.4) is 0 Å². The van der Waals surface area contributed by atoms with Crippen molar-refractivity contribution < 1.29 is 14.6 Å². The highest BCUT2D eigenvalue weighted by Gasteiger charge is 2.23. The normalized spacial score (nSPS) is 12.6. The number of rotatable bonds is 13. The lowest BCUT2D eigenvalue weighted by Gasteiger charge is -2.27. The molecule has 0 saturated carbocycles. The molecule has 0 aliphatic carbocycles. The molecule has 190 valence electrons. The van der Waals surface area contributed by atoms with Crippen LogP contribution in [0.5, 0.6) is 11.6 Å². The van der Waals surface area contributed by atoms with Crippen LogP contribution in [-0.4, -0.2) is 52.2 Å². The fraction of sp³-hybridized carbons (Fsp3) is 0.483. The molecule has 0 saturated heterocycles. The molecular formula is C29H41N3O3. The second kappa shape index (κ2) is 12.9. The molecule has 1 aromatic heterocycles. The third kappa shape index (κ3) is 8.20. The molecule has 1 N–H and O–H groups in total. The molecular weight excluding hydrogens is 438 g/mol. The summed E-state index contributed by atoms with van der Waals surface area (Å²) in [6, 6.07) is 18.1. The number of benzene rings is 2. The van der Waals surface area contributed by atoms with Gasteiger partial charge >= 0.3 is 0 Å². The summed E-state index contributed by atoms with van der Waals surface area (Å²) in [5.41, 5.74) is 4.02. The molecule has 0 unspecified atom stereocenters. The zero-order valence-electron chi connectivity index (χ0n) is 22.1. The Morgan fingerprint density at radius 1 is 0.914 bits per heavy atom. The van der Waals surface area contributed by atoms with Crippen molar-refractivity contribution in [1.29, 1.82) is 0 Å². The number of aryl methyl sites for hydroxylation is 2. The molecule has 0 fully saturated rings. The molecule has 0 aliphatic heterocycles. The lowest BCUT2D eigenvalue weighted by molar-refractivity contribution is 0.00511. The SMILES string of the molecule is Cc1cccc(Oc2c(CN(CC(C)C)C[C@H](O)COCC(C)C)c(C)nn2-c2ccccc2)c1. The maximum Gasteiger partial charge on any atom is 0.227 e. The van der Waals surface area contributed by atoms with Gasteiger partial charge in [-0.05, 0) is 55.5 Å². The number of aromatic nitrogens is 2. The van der Waals surface area contributed by atoms with Crippen molar-refractivity contribution in [3.63, 3.8) is 0 Å². The van der Waals surface area contributed by atoms with E-state index in [1.54, 1.807) is 0 Å². The third-order valence-electron chi connectivity index (χ3n) is 5.58. The van der Waals surface area contributed by atoms with Crippen LogP contribution in [0, 0.1) is 25.7 Å². The molecule has 2 aromatic carbocycles. The molecule has 0 aliphatic rings. The summed E-state index contributed by atoms with van der Waals surface area (Å²) in [5.74, 6) is 2.38. The van der Waals surface area contributed by atoms with Crippen molar-refractivity contribution in [2.24, 2.45) is 11.8 Å². The van der Waals surface area contributed by atoms with Gasteiger partial charge < -0.3 is 14.6 Å². The lowest BCUT2D eigenvalue weighted by atomic mass is 10.1. The van der Waals surface area contributed by atoms with Crippen LogP contribution in [0.25, 0.3) is 5.69 Å². The van der Waals surface area contributed by atoms with E-state index >= 15 is 0 Å². The zero-order chi connectivity index (χ0) is 25.4. The van der Waals surface area contributed by atoms with E-state index in [1.807, 2.05) is 60.1 Å². The molecule has 1 atom stereocenters. The monoisotopic (exact) mass is 479 g/mol. The Balaban J connectivity index is 1.90. The van der Waals surface area contributed by atoms with Crippen molar-refractivity contribution in [2.45, 2.75) is 54.2 Å². The van der Waals surface area contributed by atoms with E-state index in [0.717, 1.165) is 34.8 Å². The number of hydrogen-bond donors (Lipinski definition) is 1. The highest BCUT2D eigenvalue weighted by molar-refractivity contribution is 5.43. The Labute approximate surface area is 210 Å². The highest BCUT2D eigenvalue weighted by atomic mass is 16.5. The zero-order valence-corrected chi connectivity index (χ0v) is 22.1. The van der Waals surface area contributed by atoms with E-state index in [9.17, 15) is 5.11 Å². The predicted molar refractivity (Wildman–Crippen MR) is 141 cm³/mol. The number of para-hydroxylation sites is 1. The first-order chi connectivity index (χ1) is 16.7. The van der Waals surface area contributed by atoms with Crippen LogP contribution in [0.4, 0.5) is 0 Å². The van der Waals surface area contributed by atoms with Gasteiger partial charge in [0.15, 0.2) is 0 Å². The molecule has 3 aromatic rings. The molecule has 6 nitrogen and oxygen atoms in total. The van der Waals surface area contributed by atoms with Crippen LogP contribution in [-0.2, 0) is 11.3 Å². The van der Waals surface area contributed by atoms with E-state index < -0.39 is 6.10 Å². The van der Waals surface area contributed by atoms with Gasteiger partial charge in [-0.1, -0.05) is 58.0 Å². The summed E-state index contributed by atoms with van der Waals surface area (Å²) >= 11 is 0. The summed E-state index contributed by atoms with van der Waals surface area (Å²) in [6.07, 6.45) is -0.557. The number of hydrogen-bond acceptors (Lipinski definition) is 5. The molecule has 35 heavy (non-hydrogen) atoms. The van der Waals surface area contributed by atoms with E-state index in [0.29, 0.717) is 44.0 Å². The minimum atomic E-state index is -0.557. The lowest BCUT2D eigenvalue weighted by Crippen LogP contribution is -2.37. The first-order valence-electron chi connectivity index (χ1n) is 12.6. The molecule has 6 heteroatoms. The Kier molecular flexibility index (Phi) is 9.90. The fourth-order valence-corrected chi connectivity index (χ4v) is 4.09. The average Bonchev–Trinajstić information content (AvgIpc) is 3.08. The summed E-state index contributed by atoms with van der Waals surface area (Å²) < 4.78 is 14.1. The Bertz CT molecular complexity index is 1050. The highest BCUT2D eigenvalue weighted by Crippen LogP contribution is 2.32. The van der Waals surface area contributed by atoms with Gasteiger partial charge in [0.2, 0.25) is 5.88 Å². The van der Waals surface area contributed by atoms with Crippen LogP contribution in [0.2, 0.25) is 0 Å². The van der Waals surface area contributed by atoms with Gasteiger partial charge in [0.05, 0.1) is 29.7 Å². The standard InChI is InChI=1S/C29H41N3O3/c1-21(2)16-31(17-26(33)20-34-19-22(3)4)18-28-24(6)30-32(25-12-8-7-9-13-25)29(28)35-27-14-10-11-23(5)15-27/h7-15,21-22,26,33H,16-20H2,1-6H3/t26-/m0/s1. The topological polar surface area (TPSA) is 59.8 Å². The molecule has 0 amide bonds. The maximum atomic E-state index is 10.7. The van der Waals surface area contributed by atoms with Gasteiger partial charge in [0.1, 0.15) is 5.75 Å². The fourth-order valence-electron chi connectivity index (χ4n) is 4.09. The van der Waals surface area contributed by atoms with E-state index in [2.05, 4.69) is 45.6 Å². The number of ether oxygens (including phenoxy) is 2. The largest absolute Gasteiger partial charge is 0.439 e. The van der Waals surface area contributed by atoms with Crippen molar-refractivity contribution in [2.75, 3.05) is 26.3 Å². The van der Waals surface area contributed by atoms with Crippen LogP contribution in [0.15, 0.2) is 54.6 Å². The molecule has 0 radical (unpaired) electrons. The van der Waals surface area contributed by atoms with E-state index in [-0.39, 0.29) is 0 Å². The number of nitrogens with zero attached hydrogens (tertiary/aromatic N) is 3. The summed E-state index contributed by atoms with van der Waals surface area (Å²) in [5, 5.41) is 15.5. The maximum absolute atomic E-state index is 10.7. The molecule has 0 bridgehead atoms. The minimum absolute atomic E-state index is 0.335. The van der Waals surface area contributed by atoms with Gasteiger partial charge in [-0.15, -0.1) is 0 Å². The summed E-state index contributed by atoms with van der Waals surface area (Å²) in [4.78, 5) is 2.27. The first kappa shape index (κ1) is 26.9. The van der Waals surface area contributed by atoms with E-state index in [4.69, 9.17) is 14.6 Å². The second-order valence-electron chi connectivity index (χ2n) is 10.2. The molecule has 0 spiro atoms. The van der Waals surface area contributed by atoms with Gasteiger partial charge in [-0.25, -0.2) is 4.68 Å².